The van der Waals surface area contributed by atoms with Crippen molar-refractivity contribution in [2.45, 2.75) is 19.3 Å². The number of carbonyl (C=O) groups excluding carboxylic acids is 1. The molecule has 1 aliphatic rings. The van der Waals surface area contributed by atoms with Crippen LogP contribution in [-0.4, -0.2) is 37.5 Å². The van der Waals surface area contributed by atoms with Gasteiger partial charge >= 0.3 is 0 Å². The molecule has 1 fully saturated rings. The SMILES string of the molecule is CN(CCc1cc(Br)cs1)C(=O)CC1CCNC1. The van der Waals surface area contributed by atoms with Crippen molar-refractivity contribution in [2.24, 2.45) is 5.92 Å². The molecule has 2 heterocycles. The molecule has 0 spiro atoms. The molecule has 3 nitrogen and oxygen atoms in total. The highest BCUT2D eigenvalue weighted by Gasteiger charge is 2.20. The first-order chi connectivity index (χ1) is 8.65. The number of hydrogen-bond donors (Lipinski definition) is 1. The second-order valence-electron chi connectivity index (χ2n) is 4.86. The number of nitrogens with zero attached hydrogens (tertiary/aromatic N) is 1. The van der Waals surface area contributed by atoms with E-state index in [1.165, 1.54) is 4.88 Å². The smallest absolute Gasteiger partial charge is 0.222 e. The topological polar surface area (TPSA) is 32.3 Å². The minimum Gasteiger partial charge on any atom is -0.345 e. The fourth-order valence-corrected chi connectivity index (χ4v) is 3.62. The van der Waals surface area contributed by atoms with E-state index in [1.54, 1.807) is 11.3 Å². The average molecular weight is 331 g/mol. The Labute approximate surface area is 121 Å². The molecule has 18 heavy (non-hydrogen) atoms. The van der Waals surface area contributed by atoms with E-state index in [4.69, 9.17) is 0 Å². The van der Waals surface area contributed by atoms with Crippen molar-refractivity contribution < 1.29 is 4.79 Å². The molecule has 1 aliphatic heterocycles. The fourth-order valence-electron chi connectivity index (χ4n) is 2.18. The highest BCUT2D eigenvalue weighted by atomic mass is 79.9. The van der Waals surface area contributed by atoms with Crippen molar-refractivity contribution in [3.63, 3.8) is 0 Å². The summed E-state index contributed by atoms with van der Waals surface area (Å²) in [6, 6.07) is 2.13. The second kappa shape index (κ2) is 6.68. The zero-order valence-corrected chi connectivity index (χ0v) is 13.0. The molecular weight excluding hydrogens is 312 g/mol. The van der Waals surface area contributed by atoms with Gasteiger partial charge in [-0.25, -0.2) is 0 Å². The van der Waals surface area contributed by atoms with Crippen molar-refractivity contribution >= 4 is 33.2 Å². The molecule has 0 saturated carbocycles. The molecule has 1 aromatic heterocycles. The van der Waals surface area contributed by atoms with E-state index in [1.807, 2.05) is 11.9 Å². The number of thiophene rings is 1. The molecule has 1 amide bonds. The highest BCUT2D eigenvalue weighted by molar-refractivity contribution is 9.10. The van der Waals surface area contributed by atoms with E-state index in [-0.39, 0.29) is 5.91 Å². The number of rotatable bonds is 5. The Morgan fingerprint density at radius 2 is 2.50 bits per heavy atom. The minimum absolute atomic E-state index is 0.277. The quantitative estimate of drug-likeness (QED) is 0.899. The number of hydrogen-bond acceptors (Lipinski definition) is 3. The maximum atomic E-state index is 12.0. The normalized spacial score (nSPS) is 19.1. The van der Waals surface area contributed by atoms with Gasteiger partial charge in [0.25, 0.3) is 0 Å². The van der Waals surface area contributed by atoms with Crippen molar-refractivity contribution in [3.8, 4) is 0 Å². The lowest BCUT2D eigenvalue weighted by molar-refractivity contribution is -0.130. The molecule has 1 unspecified atom stereocenters. The molecular formula is C13H19BrN2OS. The molecule has 0 aromatic carbocycles. The molecule has 2 rings (SSSR count). The summed E-state index contributed by atoms with van der Waals surface area (Å²) in [5, 5.41) is 5.39. The first-order valence-corrected chi connectivity index (χ1v) is 8.00. The van der Waals surface area contributed by atoms with Gasteiger partial charge in [0.2, 0.25) is 5.91 Å². The summed E-state index contributed by atoms with van der Waals surface area (Å²) in [7, 11) is 1.91. The standard InChI is InChI=1S/C13H19BrN2OS/c1-16(5-3-12-7-11(14)9-18-12)13(17)6-10-2-4-15-8-10/h7,9-10,15H,2-6,8H2,1H3. The van der Waals surface area contributed by atoms with Gasteiger partial charge in [-0.1, -0.05) is 0 Å². The van der Waals surface area contributed by atoms with Gasteiger partial charge in [0.1, 0.15) is 0 Å². The zero-order valence-electron chi connectivity index (χ0n) is 10.6. The van der Waals surface area contributed by atoms with E-state index >= 15 is 0 Å². The van der Waals surface area contributed by atoms with Gasteiger partial charge in [0, 0.05) is 34.7 Å². The molecule has 1 aromatic rings. The first-order valence-electron chi connectivity index (χ1n) is 6.32. The van der Waals surface area contributed by atoms with Crippen molar-refractivity contribution in [3.05, 3.63) is 20.8 Å². The minimum atomic E-state index is 0.277. The van der Waals surface area contributed by atoms with Crippen LogP contribution in [0.1, 0.15) is 17.7 Å². The lowest BCUT2D eigenvalue weighted by Gasteiger charge is -2.18. The number of carbonyl (C=O) groups is 1. The van der Waals surface area contributed by atoms with Crippen LogP contribution >= 0.6 is 27.3 Å². The van der Waals surface area contributed by atoms with Crippen LogP contribution in [0.25, 0.3) is 0 Å². The van der Waals surface area contributed by atoms with Crippen LogP contribution in [0.2, 0.25) is 0 Å². The summed E-state index contributed by atoms with van der Waals surface area (Å²) < 4.78 is 1.13. The van der Waals surface area contributed by atoms with Crippen LogP contribution in [0.15, 0.2) is 15.9 Å². The monoisotopic (exact) mass is 330 g/mol. The predicted octanol–water partition coefficient (Wildman–Crippen LogP) is 2.51. The lowest BCUT2D eigenvalue weighted by Crippen LogP contribution is -2.30. The molecule has 0 aliphatic carbocycles. The Morgan fingerprint density at radius 1 is 1.67 bits per heavy atom. The molecule has 1 saturated heterocycles. The second-order valence-corrected chi connectivity index (χ2v) is 6.77. The van der Waals surface area contributed by atoms with Gasteiger partial charge in [-0.05, 0) is 53.8 Å². The summed E-state index contributed by atoms with van der Waals surface area (Å²) in [4.78, 5) is 15.2. The summed E-state index contributed by atoms with van der Waals surface area (Å²) in [6.07, 6.45) is 2.77. The van der Waals surface area contributed by atoms with E-state index in [2.05, 4.69) is 32.7 Å². The van der Waals surface area contributed by atoms with Gasteiger partial charge in [0.05, 0.1) is 0 Å². The largest absolute Gasteiger partial charge is 0.345 e. The van der Waals surface area contributed by atoms with E-state index < -0.39 is 0 Å². The molecule has 0 bridgehead atoms. The summed E-state index contributed by atoms with van der Waals surface area (Å²) in [5.41, 5.74) is 0. The van der Waals surface area contributed by atoms with E-state index in [0.29, 0.717) is 12.3 Å². The van der Waals surface area contributed by atoms with Crippen LogP contribution in [0.5, 0.6) is 0 Å². The summed E-state index contributed by atoms with van der Waals surface area (Å²) >= 11 is 5.19. The van der Waals surface area contributed by atoms with Gasteiger partial charge in [0.15, 0.2) is 0 Å². The zero-order chi connectivity index (χ0) is 13.0. The summed E-state index contributed by atoms with van der Waals surface area (Å²) in [5.74, 6) is 0.815. The average Bonchev–Trinajstić information content (AvgIpc) is 2.97. The Bertz CT molecular complexity index is 401. The number of amides is 1. The van der Waals surface area contributed by atoms with Crippen LogP contribution < -0.4 is 5.32 Å². The third-order valence-corrected chi connectivity index (χ3v) is 5.12. The van der Waals surface area contributed by atoms with Gasteiger partial charge < -0.3 is 10.2 Å². The fraction of sp³-hybridized carbons (Fsp3) is 0.615. The van der Waals surface area contributed by atoms with E-state index in [9.17, 15) is 4.79 Å². The third kappa shape index (κ3) is 4.07. The van der Waals surface area contributed by atoms with Crippen molar-refractivity contribution in [2.75, 3.05) is 26.7 Å². The first kappa shape index (κ1) is 14.0. The lowest BCUT2D eigenvalue weighted by atomic mass is 10.0. The molecule has 1 N–H and O–H groups in total. The molecule has 0 radical (unpaired) electrons. The number of halogens is 1. The maximum Gasteiger partial charge on any atom is 0.222 e. The van der Waals surface area contributed by atoms with Crippen molar-refractivity contribution in [1.82, 2.24) is 10.2 Å². The third-order valence-electron chi connectivity index (χ3n) is 3.37. The van der Waals surface area contributed by atoms with Gasteiger partial charge in [-0.2, -0.15) is 0 Å². The van der Waals surface area contributed by atoms with Crippen LogP contribution in [-0.2, 0) is 11.2 Å². The van der Waals surface area contributed by atoms with Gasteiger partial charge in [-0.15, -0.1) is 11.3 Å². The number of nitrogens with one attached hydrogen (secondary N) is 1. The highest BCUT2D eigenvalue weighted by Crippen LogP contribution is 2.20. The van der Waals surface area contributed by atoms with Crippen molar-refractivity contribution in [1.29, 1.82) is 0 Å². The maximum absolute atomic E-state index is 12.0. The van der Waals surface area contributed by atoms with Crippen LogP contribution in [0, 0.1) is 5.92 Å². The van der Waals surface area contributed by atoms with Gasteiger partial charge in [-0.3, -0.25) is 4.79 Å². The predicted molar refractivity (Wildman–Crippen MR) is 79.0 cm³/mol. The molecule has 100 valence electrons. The Hall–Kier alpha value is -0.390. The summed E-state index contributed by atoms with van der Waals surface area (Å²) in [6.45, 7) is 2.87. The van der Waals surface area contributed by atoms with Crippen LogP contribution in [0.3, 0.4) is 0 Å². The Kier molecular flexibility index (Phi) is 5.21. The number of likely N-dealkylation sites (N-methyl/N-ethyl adjacent to an activating group) is 1. The Balaban J connectivity index is 1.73. The molecule has 5 heteroatoms. The molecule has 1 atom stereocenters. The van der Waals surface area contributed by atoms with Crippen LogP contribution in [0.4, 0.5) is 0 Å². The Morgan fingerprint density at radius 3 is 3.11 bits per heavy atom. The van der Waals surface area contributed by atoms with E-state index in [0.717, 1.165) is 36.9 Å².